The van der Waals surface area contributed by atoms with Gasteiger partial charge in [-0.3, -0.25) is 0 Å². The molecule has 4 aromatic rings. The number of hydrogen-bond donors (Lipinski definition) is 2. The molecule has 7 heteroatoms. The predicted molar refractivity (Wildman–Crippen MR) is 127 cm³/mol. The maximum atomic E-state index is 9.97. The molecular weight excluding hydrogens is 440 g/mol. The lowest BCUT2D eigenvalue weighted by Crippen LogP contribution is -2.34. The summed E-state index contributed by atoms with van der Waals surface area (Å²) in [6.45, 7) is 2.61. The molecule has 168 valence electrons. The number of aromatic amines is 1. The molecule has 2 N–H and O–H groups in total. The number of aliphatic hydroxyl groups excluding tert-OH is 1. The first-order valence-corrected chi connectivity index (χ1v) is 11.4. The van der Waals surface area contributed by atoms with E-state index in [4.69, 9.17) is 30.8 Å². The molecule has 2 aromatic carbocycles. The fraction of sp³-hybridized carbons (Fsp3) is 0.269. The van der Waals surface area contributed by atoms with Crippen LogP contribution in [-0.2, 0) is 9.47 Å². The minimum atomic E-state index is -0.608. The number of rotatable bonds is 4. The second-order valence-electron chi connectivity index (χ2n) is 8.56. The van der Waals surface area contributed by atoms with Gasteiger partial charge >= 0.3 is 0 Å². The SMILES string of the molecule is Cc1c(O[C@@H]2CO[C@H]3[C@@H]2OC[C@H]3O)[nH]c2cc(Cl)c(-c3ccc(-c4ccccc4)cc3)nc12. The number of halogens is 1. The van der Waals surface area contributed by atoms with Crippen LogP contribution in [-0.4, -0.2) is 52.7 Å². The van der Waals surface area contributed by atoms with Crippen LogP contribution in [0.25, 0.3) is 33.4 Å². The van der Waals surface area contributed by atoms with Crippen LogP contribution in [0.3, 0.4) is 0 Å². The summed E-state index contributed by atoms with van der Waals surface area (Å²) in [6, 6.07) is 20.4. The van der Waals surface area contributed by atoms with Gasteiger partial charge in [-0.2, -0.15) is 0 Å². The molecule has 2 aliphatic rings. The van der Waals surface area contributed by atoms with Crippen molar-refractivity contribution in [1.29, 1.82) is 0 Å². The Labute approximate surface area is 196 Å². The van der Waals surface area contributed by atoms with Gasteiger partial charge in [-0.25, -0.2) is 4.98 Å². The molecule has 0 aliphatic carbocycles. The number of pyridine rings is 1. The highest BCUT2D eigenvalue weighted by Crippen LogP contribution is 2.36. The summed E-state index contributed by atoms with van der Waals surface area (Å²) in [5.41, 5.74) is 6.49. The molecule has 2 saturated heterocycles. The lowest BCUT2D eigenvalue weighted by molar-refractivity contribution is 0.00782. The molecule has 0 saturated carbocycles. The summed E-state index contributed by atoms with van der Waals surface area (Å²) in [4.78, 5) is 8.16. The second kappa shape index (κ2) is 8.15. The number of nitrogens with one attached hydrogen (secondary N) is 1. The Balaban J connectivity index is 1.30. The second-order valence-corrected chi connectivity index (χ2v) is 8.96. The zero-order chi connectivity index (χ0) is 22.5. The maximum absolute atomic E-state index is 9.97. The molecule has 2 aromatic heterocycles. The lowest BCUT2D eigenvalue weighted by Gasteiger charge is -2.17. The molecule has 2 aliphatic heterocycles. The van der Waals surface area contributed by atoms with Crippen molar-refractivity contribution in [3.63, 3.8) is 0 Å². The smallest absolute Gasteiger partial charge is 0.196 e. The van der Waals surface area contributed by atoms with Crippen LogP contribution >= 0.6 is 11.6 Å². The van der Waals surface area contributed by atoms with E-state index in [1.165, 1.54) is 5.56 Å². The number of aryl methyl sites for hydroxylation is 1. The third kappa shape index (κ3) is 3.60. The Kier molecular flexibility index (Phi) is 5.11. The number of nitrogens with zero attached hydrogens (tertiary/aromatic N) is 1. The predicted octanol–water partition coefficient (Wildman–Crippen LogP) is 4.76. The van der Waals surface area contributed by atoms with Crippen LogP contribution in [0.5, 0.6) is 5.88 Å². The van der Waals surface area contributed by atoms with Gasteiger partial charge in [-0.05, 0) is 24.1 Å². The van der Waals surface area contributed by atoms with Crippen molar-refractivity contribution in [3.8, 4) is 28.3 Å². The van der Waals surface area contributed by atoms with Crippen LogP contribution in [0.4, 0.5) is 0 Å². The maximum Gasteiger partial charge on any atom is 0.196 e. The Morgan fingerprint density at radius 1 is 0.970 bits per heavy atom. The van der Waals surface area contributed by atoms with E-state index in [9.17, 15) is 5.11 Å². The number of hydrogen-bond acceptors (Lipinski definition) is 5. The Hall–Kier alpha value is -2.90. The standard InChI is InChI=1S/C26H23ClN2O4/c1-14-22-19(28-26(14)33-21-13-32-24-20(30)12-31-25(21)24)11-18(27)23(29-22)17-9-7-16(8-10-17)15-5-3-2-4-6-15/h2-11,20-21,24-25,28,30H,12-13H2,1H3/t20-,21-,24-,25-/m1/s1. The van der Waals surface area contributed by atoms with Gasteiger partial charge in [-0.1, -0.05) is 66.2 Å². The number of benzene rings is 2. The molecule has 0 bridgehead atoms. The summed E-state index contributed by atoms with van der Waals surface area (Å²) in [6.07, 6.45) is -1.51. The zero-order valence-corrected chi connectivity index (χ0v) is 18.8. The van der Waals surface area contributed by atoms with Crippen molar-refractivity contribution < 1.29 is 19.3 Å². The van der Waals surface area contributed by atoms with Crippen LogP contribution in [0.2, 0.25) is 5.02 Å². The fourth-order valence-electron chi connectivity index (χ4n) is 4.66. The molecule has 6 nitrogen and oxygen atoms in total. The van der Waals surface area contributed by atoms with Gasteiger partial charge in [0.15, 0.2) is 12.0 Å². The van der Waals surface area contributed by atoms with Crippen molar-refractivity contribution in [2.75, 3.05) is 13.2 Å². The molecule has 33 heavy (non-hydrogen) atoms. The summed E-state index contributed by atoms with van der Waals surface area (Å²) in [5.74, 6) is 0.615. The summed E-state index contributed by atoms with van der Waals surface area (Å²) < 4.78 is 17.6. The highest BCUT2D eigenvalue weighted by molar-refractivity contribution is 6.33. The van der Waals surface area contributed by atoms with Gasteiger partial charge in [0.1, 0.15) is 18.3 Å². The first-order chi connectivity index (χ1) is 16.1. The molecular formula is C26H23ClN2O4. The third-order valence-electron chi connectivity index (χ3n) is 6.44. The third-order valence-corrected chi connectivity index (χ3v) is 6.72. The number of aliphatic hydroxyl groups is 1. The van der Waals surface area contributed by atoms with Gasteiger partial charge in [0, 0.05) is 11.1 Å². The highest BCUT2D eigenvalue weighted by atomic mass is 35.5. The minimum Gasteiger partial charge on any atom is -0.470 e. The summed E-state index contributed by atoms with van der Waals surface area (Å²) in [7, 11) is 0. The first kappa shape index (κ1) is 20.7. The largest absolute Gasteiger partial charge is 0.470 e. The number of ether oxygens (including phenoxy) is 3. The molecule has 0 spiro atoms. The van der Waals surface area contributed by atoms with E-state index in [1.807, 2.05) is 43.3 Å². The van der Waals surface area contributed by atoms with E-state index in [0.717, 1.165) is 33.4 Å². The topological polar surface area (TPSA) is 76.6 Å². The van der Waals surface area contributed by atoms with Crippen molar-refractivity contribution in [2.45, 2.75) is 31.3 Å². The number of H-pyrrole nitrogens is 1. The summed E-state index contributed by atoms with van der Waals surface area (Å²) >= 11 is 6.62. The summed E-state index contributed by atoms with van der Waals surface area (Å²) in [5, 5.41) is 10.5. The van der Waals surface area contributed by atoms with E-state index < -0.39 is 6.10 Å². The monoisotopic (exact) mass is 462 g/mol. The van der Waals surface area contributed by atoms with Crippen LogP contribution in [0.15, 0.2) is 60.7 Å². The quantitative estimate of drug-likeness (QED) is 0.457. The molecule has 4 atom stereocenters. The normalized spacial score (nSPS) is 24.3. The molecule has 0 unspecified atom stereocenters. The zero-order valence-electron chi connectivity index (χ0n) is 18.0. The minimum absolute atomic E-state index is 0.268. The Bertz CT molecular complexity index is 1310. The molecule has 0 amide bonds. The van der Waals surface area contributed by atoms with E-state index in [0.29, 0.717) is 17.5 Å². The van der Waals surface area contributed by atoms with E-state index >= 15 is 0 Å². The van der Waals surface area contributed by atoms with Gasteiger partial charge in [0.2, 0.25) is 0 Å². The van der Waals surface area contributed by atoms with E-state index in [2.05, 4.69) is 29.2 Å². The van der Waals surface area contributed by atoms with E-state index in [-0.39, 0.29) is 24.9 Å². The average Bonchev–Trinajstić information content (AvgIpc) is 3.50. The van der Waals surface area contributed by atoms with E-state index in [1.54, 1.807) is 0 Å². The molecule has 6 rings (SSSR count). The van der Waals surface area contributed by atoms with Gasteiger partial charge in [-0.15, -0.1) is 0 Å². The molecule has 0 radical (unpaired) electrons. The highest BCUT2D eigenvalue weighted by Gasteiger charge is 2.48. The first-order valence-electron chi connectivity index (χ1n) is 11.0. The number of aromatic nitrogens is 2. The van der Waals surface area contributed by atoms with Crippen LogP contribution in [0.1, 0.15) is 5.56 Å². The van der Waals surface area contributed by atoms with Gasteiger partial charge in [0.25, 0.3) is 0 Å². The van der Waals surface area contributed by atoms with Crippen LogP contribution < -0.4 is 4.74 Å². The fourth-order valence-corrected chi connectivity index (χ4v) is 4.92. The Morgan fingerprint density at radius 2 is 1.67 bits per heavy atom. The van der Waals surface area contributed by atoms with Crippen molar-refractivity contribution in [1.82, 2.24) is 9.97 Å². The van der Waals surface area contributed by atoms with Crippen molar-refractivity contribution >= 4 is 22.6 Å². The molecule has 4 heterocycles. The van der Waals surface area contributed by atoms with Gasteiger partial charge < -0.3 is 24.3 Å². The van der Waals surface area contributed by atoms with Crippen molar-refractivity contribution in [2.24, 2.45) is 0 Å². The van der Waals surface area contributed by atoms with Crippen molar-refractivity contribution in [3.05, 3.63) is 71.2 Å². The van der Waals surface area contributed by atoms with Crippen LogP contribution in [0, 0.1) is 6.92 Å². The van der Waals surface area contributed by atoms with Gasteiger partial charge in [0.05, 0.1) is 35.0 Å². The lowest BCUT2D eigenvalue weighted by atomic mass is 10.0. The average molecular weight is 463 g/mol. The molecule has 2 fully saturated rings. The number of fused-ring (bicyclic) bond motifs is 2. The Morgan fingerprint density at radius 3 is 2.45 bits per heavy atom.